The molecule has 0 saturated carbocycles. The Balaban J connectivity index is 1.56. The van der Waals surface area contributed by atoms with Crippen molar-refractivity contribution in [2.45, 2.75) is 28.8 Å². The van der Waals surface area contributed by atoms with Crippen LogP contribution in [0.2, 0.25) is 0 Å². The van der Waals surface area contributed by atoms with E-state index in [9.17, 15) is 9.59 Å². The Morgan fingerprint density at radius 1 is 1.13 bits per heavy atom. The van der Waals surface area contributed by atoms with Crippen molar-refractivity contribution in [1.29, 1.82) is 0 Å². The van der Waals surface area contributed by atoms with Crippen LogP contribution in [0.4, 0.5) is 0 Å². The zero-order valence-corrected chi connectivity index (χ0v) is 18.6. The van der Waals surface area contributed by atoms with Crippen molar-refractivity contribution in [3.8, 4) is 5.75 Å². The molecule has 2 aliphatic heterocycles. The van der Waals surface area contributed by atoms with Crippen molar-refractivity contribution in [3.63, 3.8) is 0 Å². The zero-order chi connectivity index (χ0) is 21.5. The van der Waals surface area contributed by atoms with Gasteiger partial charge in [-0.1, -0.05) is 40.9 Å². The van der Waals surface area contributed by atoms with Crippen molar-refractivity contribution in [3.05, 3.63) is 64.1 Å². The molecule has 160 valence electrons. The maximum atomic E-state index is 12.8. The Morgan fingerprint density at radius 2 is 1.87 bits per heavy atom. The number of likely N-dealkylation sites (tertiary alicyclic amines) is 1. The van der Waals surface area contributed by atoms with E-state index < -0.39 is 9.96 Å². The summed E-state index contributed by atoms with van der Waals surface area (Å²) < 4.78 is 5.26. The molecule has 3 atom stereocenters. The van der Waals surface area contributed by atoms with Gasteiger partial charge in [0.1, 0.15) is 11.9 Å². The quantitative estimate of drug-likeness (QED) is 0.696. The summed E-state index contributed by atoms with van der Waals surface area (Å²) in [6.45, 7) is 1.83. The van der Waals surface area contributed by atoms with Gasteiger partial charge in [-0.3, -0.25) is 14.5 Å². The molecule has 1 unspecified atom stereocenters. The number of rotatable bonds is 4. The van der Waals surface area contributed by atoms with E-state index in [2.05, 4.69) is 5.32 Å². The van der Waals surface area contributed by atoms with Crippen LogP contribution >= 0.6 is 34.8 Å². The number of nitrogens with zero attached hydrogens (tertiary/aromatic N) is 2. The highest BCUT2D eigenvalue weighted by Gasteiger charge is 2.44. The lowest BCUT2D eigenvalue weighted by Crippen LogP contribution is -2.60. The van der Waals surface area contributed by atoms with Crippen molar-refractivity contribution < 1.29 is 9.53 Å². The highest BCUT2D eigenvalue weighted by Crippen LogP contribution is 2.40. The van der Waals surface area contributed by atoms with Gasteiger partial charge in [0.2, 0.25) is 3.79 Å². The number of methoxy groups -OCH3 is 1. The van der Waals surface area contributed by atoms with Gasteiger partial charge in [-0.25, -0.2) is 0 Å². The first-order valence-corrected chi connectivity index (χ1v) is 10.8. The first kappa shape index (κ1) is 21.5. The van der Waals surface area contributed by atoms with Crippen LogP contribution in [-0.2, 0) is 6.54 Å². The van der Waals surface area contributed by atoms with Crippen LogP contribution in [-0.4, -0.2) is 45.5 Å². The van der Waals surface area contributed by atoms with Gasteiger partial charge in [0.05, 0.1) is 7.11 Å². The van der Waals surface area contributed by atoms with E-state index in [1.54, 1.807) is 43.5 Å². The largest absolute Gasteiger partial charge is 0.497 e. The van der Waals surface area contributed by atoms with Crippen molar-refractivity contribution >= 4 is 40.7 Å². The highest BCUT2D eigenvalue weighted by molar-refractivity contribution is 6.68. The second-order valence-corrected chi connectivity index (χ2v) is 10.2. The molecule has 3 heterocycles. The molecule has 2 bridgehead atoms. The van der Waals surface area contributed by atoms with Gasteiger partial charge in [-0.05, 0) is 42.7 Å². The van der Waals surface area contributed by atoms with Crippen LogP contribution in [0.5, 0.6) is 5.75 Å². The van der Waals surface area contributed by atoms with Crippen LogP contribution in [0.1, 0.15) is 28.4 Å². The minimum absolute atomic E-state index is 0.0152. The SMILES string of the molecule is COc1ccc(C(=O)NC(N2C[C@@H]3C[C@H](C2)c2cccc(=O)n2C3)C(Cl)(Cl)Cl)cc1. The number of carbonyl (C=O) groups excluding carboxylic acids is 1. The van der Waals surface area contributed by atoms with E-state index in [0.29, 0.717) is 30.9 Å². The third kappa shape index (κ3) is 4.33. The monoisotopic (exact) mass is 469 g/mol. The van der Waals surface area contributed by atoms with Crippen LogP contribution in [0.3, 0.4) is 0 Å². The fourth-order valence-corrected chi connectivity index (χ4v) is 5.05. The summed E-state index contributed by atoms with van der Waals surface area (Å²) in [6.07, 6.45) is 0.170. The number of aromatic nitrogens is 1. The number of hydrogen-bond acceptors (Lipinski definition) is 4. The Hall–Kier alpha value is -1.73. The lowest BCUT2D eigenvalue weighted by atomic mass is 9.83. The molecule has 1 N–H and O–H groups in total. The lowest BCUT2D eigenvalue weighted by Gasteiger charge is -2.47. The van der Waals surface area contributed by atoms with Gasteiger partial charge < -0.3 is 14.6 Å². The molecule has 2 aromatic rings. The molecule has 0 spiro atoms. The normalized spacial score (nSPS) is 22.1. The summed E-state index contributed by atoms with van der Waals surface area (Å²) in [5.41, 5.74) is 1.46. The number of hydrogen-bond donors (Lipinski definition) is 1. The summed E-state index contributed by atoms with van der Waals surface area (Å²) in [5.74, 6) is 0.701. The summed E-state index contributed by atoms with van der Waals surface area (Å²) >= 11 is 18.9. The number of carbonyl (C=O) groups is 1. The molecular weight excluding hydrogens is 449 g/mol. The van der Waals surface area contributed by atoms with Crippen LogP contribution in [0.25, 0.3) is 0 Å². The lowest BCUT2D eigenvalue weighted by molar-refractivity contribution is 0.0586. The third-order valence-corrected chi connectivity index (χ3v) is 6.42. The van der Waals surface area contributed by atoms with Crippen LogP contribution in [0, 0.1) is 5.92 Å². The minimum Gasteiger partial charge on any atom is -0.497 e. The number of piperidine rings is 1. The van der Waals surface area contributed by atoms with Gasteiger partial charge in [0.15, 0.2) is 0 Å². The maximum absolute atomic E-state index is 12.8. The van der Waals surface area contributed by atoms with Crippen molar-refractivity contribution in [2.75, 3.05) is 20.2 Å². The number of alkyl halides is 3. The molecule has 0 aliphatic carbocycles. The molecule has 1 saturated heterocycles. The molecule has 1 aromatic carbocycles. The maximum Gasteiger partial charge on any atom is 0.252 e. The fourth-order valence-electron chi connectivity index (χ4n) is 4.47. The Kier molecular flexibility index (Phi) is 6.04. The molecule has 4 rings (SSSR count). The fraction of sp³-hybridized carbons (Fsp3) is 0.429. The molecule has 6 nitrogen and oxygen atoms in total. The van der Waals surface area contributed by atoms with E-state index in [-0.39, 0.29) is 23.3 Å². The molecule has 30 heavy (non-hydrogen) atoms. The predicted molar refractivity (Wildman–Crippen MR) is 118 cm³/mol. The average molecular weight is 471 g/mol. The summed E-state index contributed by atoms with van der Waals surface area (Å²) in [7, 11) is 1.56. The smallest absolute Gasteiger partial charge is 0.252 e. The van der Waals surface area contributed by atoms with Gasteiger partial charge in [-0.2, -0.15) is 0 Å². The topological polar surface area (TPSA) is 63.6 Å². The number of ether oxygens (including phenoxy) is 1. The van der Waals surface area contributed by atoms with Gasteiger partial charge in [0.25, 0.3) is 11.5 Å². The average Bonchev–Trinajstić information content (AvgIpc) is 2.71. The number of fused-ring (bicyclic) bond motifs is 4. The third-order valence-electron chi connectivity index (χ3n) is 5.80. The number of nitrogens with one attached hydrogen (secondary N) is 1. The second kappa shape index (κ2) is 8.42. The second-order valence-electron chi connectivity index (χ2n) is 7.80. The van der Waals surface area contributed by atoms with E-state index in [1.807, 2.05) is 15.5 Å². The van der Waals surface area contributed by atoms with E-state index in [0.717, 1.165) is 12.1 Å². The van der Waals surface area contributed by atoms with E-state index >= 15 is 0 Å². The van der Waals surface area contributed by atoms with Gasteiger partial charge in [0, 0.05) is 42.9 Å². The molecule has 1 aromatic heterocycles. The molecule has 2 aliphatic rings. The zero-order valence-electron chi connectivity index (χ0n) is 16.4. The highest BCUT2D eigenvalue weighted by atomic mass is 35.6. The minimum atomic E-state index is -1.72. The Morgan fingerprint density at radius 3 is 2.53 bits per heavy atom. The Labute approximate surface area is 189 Å². The molecule has 1 amide bonds. The number of amides is 1. The molecule has 9 heteroatoms. The Bertz CT molecular complexity index is 987. The first-order valence-electron chi connectivity index (χ1n) is 9.71. The number of halogens is 3. The summed E-state index contributed by atoms with van der Waals surface area (Å²) in [6, 6.07) is 12.1. The number of benzene rings is 1. The van der Waals surface area contributed by atoms with Gasteiger partial charge >= 0.3 is 0 Å². The summed E-state index contributed by atoms with van der Waals surface area (Å²) in [5, 5.41) is 2.89. The van der Waals surface area contributed by atoms with Gasteiger partial charge in [-0.15, -0.1) is 0 Å². The predicted octanol–water partition coefficient (Wildman–Crippen LogP) is 3.40. The summed E-state index contributed by atoms with van der Waals surface area (Å²) in [4.78, 5) is 27.1. The standard InChI is InChI=1S/C21H22Cl3N3O3/c1-30-16-7-5-14(6-8-16)19(29)25-20(21(22,23)24)26-10-13-9-15(12-26)17-3-2-4-18(28)27(17)11-13/h2-8,13,15,20H,9-12H2,1H3,(H,25,29)/t13-,15+,20?/m0/s1. The van der Waals surface area contributed by atoms with E-state index in [4.69, 9.17) is 39.5 Å². The van der Waals surface area contributed by atoms with Crippen LogP contribution in [0.15, 0.2) is 47.3 Å². The molecule has 1 fully saturated rings. The first-order chi connectivity index (χ1) is 14.3. The van der Waals surface area contributed by atoms with Crippen molar-refractivity contribution in [1.82, 2.24) is 14.8 Å². The van der Waals surface area contributed by atoms with Crippen molar-refractivity contribution in [2.24, 2.45) is 5.92 Å². The molecule has 0 radical (unpaired) electrons. The van der Waals surface area contributed by atoms with E-state index in [1.165, 1.54) is 0 Å². The molecular formula is C21H22Cl3N3O3. The number of pyridine rings is 1. The van der Waals surface area contributed by atoms with Crippen LogP contribution < -0.4 is 15.6 Å².